The first kappa shape index (κ1) is 27.4. The minimum Gasteiger partial charge on any atom is -0.343 e. The predicted octanol–water partition coefficient (Wildman–Crippen LogP) is 5.82. The van der Waals surface area contributed by atoms with E-state index in [1.54, 1.807) is 32.0 Å². The summed E-state index contributed by atoms with van der Waals surface area (Å²) in [5.41, 5.74) is -3.61. The summed E-state index contributed by atoms with van der Waals surface area (Å²) in [5.74, 6) is -1.28. The number of aromatic nitrogens is 5. The van der Waals surface area contributed by atoms with Crippen LogP contribution in [0.3, 0.4) is 0 Å². The molecule has 0 amide bonds. The summed E-state index contributed by atoms with van der Waals surface area (Å²) in [6.45, 7) is 3.38. The van der Waals surface area contributed by atoms with Gasteiger partial charge in [-0.3, -0.25) is 10.1 Å². The number of hydrogen-bond acceptors (Lipinski definition) is 4. The van der Waals surface area contributed by atoms with E-state index in [4.69, 9.17) is 0 Å². The van der Waals surface area contributed by atoms with E-state index < -0.39 is 40.7 Å². The van der Waals surface area contributed by atoms with Crippen molar-refractivity contribution in [3.8, 4) is 17.1 Å². The first-order chi connectivity index (χ1) is 16.3. The van der Waals surface area contributed by atoms with Crippen molar-refractivity contribution in [3.63, 3.8) is 0 Å². The molecule has 4 aromatic heterocycles. The molecule has 0 radical (unpaired) electrons. The summed E-state index contributed by atoms with van der Waals surface area (Å²) >= 11 is 0. The molecule has 0 saturated carbocycles. The fourth-order valence-electron chi connectivity index (χ4n) is 3.28. The van der Waals surface area contributed by atoms with Crippen molar-refractivity contribution in [3.05, 3.63) is 89.5 Å². The maximum Gasteiger partial charge on any atom is 2.00 e. The van der Waals surface area contributed by atoms with Gasteiger partial charge in [0.2, 0.25) is 0 Å². The number of nitrogens with zero attached hydrogens (tertiary/aromatic N) is 5. The van der Waals surface area contributed by atoms with E-state index in [0.717, 1.165) is 4.68 Å². The third kappa shape index (κ3) is 5.48. The summed E-state index contributed by atoms with van der Waals surface area (Å²) in [4.78, 5) is 11.7. The van der Waals surface area contributed by atoms with Gasteiger partial charge in [0.1, 0.15) is 5.95 Å². The predicted molar refractivity (Wildman–Crippen MR) is 109 cm³/mol. The van der Waals surface area contributed by atoms with Crippen LogP contribution in [-0.4, -0.2) is 24.7 Å². The maximum absolute atomic E-state index is 13.4. The summed E-state index contributed by atoms with van der Waals surface area (Å²) in [6, 6.07) is 12.5. The van der Waals surface area contributed by atoms with Gasteiger partial charge < -0.3 is 14.6 Å². The van der Waals surface area contributed by atoms with Crippen molar-refractivity contribution < 1.29 is 51.8 Å². The SMILES string of the molecule is CC(C)(c1cccc(-c2[c-]cc(F)nc2C(F)(F)F)n1)c1cccc(-n2[c-]cc(C(F)(F)F)n2)n1.[Pt+2]. The van der Waals surface area contributed by atoms with Crippen molar-refractivity contribution >= 4 is 0 Å². The fourth-order valence-corrected chi connectivity index (χ4v) is 3.28. The summed E-state index contributed by atoms with van der Waals surface area (Å²) in [5, 5.41) is 3.45. The molecule has 0 unspecified atom stereocenters. The molecule has 190 valence electrons. The van der Waals surface area contributed by atoms with E-state index in [0.29, 0.717) is 23.5 Å². The van der Waals surface area contributed by atoms with E-state index in [9.17, 15) is 30.7 Å². The number of hydrogen-bond donors (Lipinski definition) is 0. The zero-order valence-corrected chi connectivity index (χ0v) is 20.6. The average Bonchev–Trinajstić information content (AvgIpc) is 3.30. The first-order valence-electron chi connectivity index (χ1n) is 9.93. The van der Waals surface area contributed by atoms with Crippen molar-refractivity contribution in [1.82, 2.24) is 24.7 Å². The second-order valence-corrected chi connectivity index (χ2v) is 7.93. The van der Waals surface area contributed by atoms with E-state index in [-0.39, 0.29) is 32.6 Å². The number of rotatable bonds is 4. The molecule has 0 aromatic carbocycles. The Bertz CT molecular complexity index is 1380. The van der Waals surface area contributed by atoms with Crippen LogP contribution in [-0.2, 0) is 38.8 Å². The Morgan fingerprint density at radius 3 is 2.03 bits per heavy atom. The van der Waals surface area contributed by atoms with Gasteiger partial charge in [0.25, 0.3) is 0 Å². The second kappa shape index (κ2) is 9.72. The molecule has 0 fully saturated rings. The van der Waals surface area contributed by atoms with Crippen molar-refractivity contribution in [2.75, 3.05) is 0 Å². The molecule has 0 aliphatic carbocycles. The Morgan fingerprint density at radius 1 is 0.778 bits per heavy atom. The normalized spacial score (nSPS) is 12.4. The van der Waals surface area contributed by atoms with Crippen LogP contribution in [0.2, 0.25) is 0 Å². The molecule has 0 bridgehead atoms. The summed E-state index contributed by atoms with van der Waals surface area (Å²) in [6.07, 6.45) is -7.22. The van der Waals surface area contributed by atoms with Crippen LogP contribution >= 0.6 is 0 Å². The van der Waals surface area contributed by atoms with Crippen LogP contribution in [0, 0.1) is 18.2 Å². The monoisotopic (exact) mass is 688 g/mol. The third-order valence-electron chi connectivity index (χ3n) is 5.12. The van der Waals surface area contributed by atoms with Crippen LogP contribution in [0.5, 0.6) is 0 Å². The molecule has 0 N–H and O–H groups in total. The van der Waals surface area contributed by atoms with E-state index in [1.807, 2.05) is 0 Å². The molecule has 4 heterocycles. The Labute approximate surface area is 214 Å². The van der Waals surface area contributed by atoms with Gasteiger partial charge in [-0.15, -0.1) is 12.1 Å². The Hall–Kier alpha value is -3.14. The fraction of sp³-hybridized carbons (Fsp3) is 0.217. The van der Waals surface area contributed by atoms with Gasteiger partial charge in [-0.1, -0.05) is 42.1 Å². The molecule has 36 heavy (non-hydrogen) atoms. The van der Waals surface area contributed by atoms with E-state index in [1.165, 1.54) is 18.2 Å². The topological polar surface area (TPSA) is 56.5 Å². The van der Waals surface area contributed by atoms with Gasteiger partial charge in [0.05, 0.1) is 17.2 Å². The van der Waals surface area contributed by atoms with Gasteiger partial charge in [-0.2, -0.15) is 26.3 Å². The summed E-state index contributed by atoms with van der Waals surface area (Å²) < 4.78 is 93.2. The number of halogens is 7. The van der Waals surface area contributed by atoms with Crippen LogP contribution in [0.1, 0.15) is 36.6 Å². The van der Waals surface area contributed by atoms with Crippen molar-refractivity contribution in [2.45, 2.75) is 31.6 Å². The zero-order chi connectivity index (χ0) is 25.6. The molecule has 0 spiro atoms. The standard InChI is InChI=1S/C23H14F7N5.Pt/c1-21(2,16-7-4-8-19(32-16)35-12-11-17(34-35)22(25,26)27)15-6-3-5-14(31-15)13-9-10-18(24)33-20(13)23(28,29)30;/h3-8,10-11H,1-2H3;/q-2;+2. The molecule has 5 nitrogen and oxygen atoms in total. The van der Waals surface area contributed by atoms with Crippen molar-refractivity contribution in [1.29, 1.82) is 0 Å². The Balaban J connectivity index is 0.00000361. The van der Waals surface area contributed by atoms with Gasteiger partial charge in [0.15, 0.2) is 0 Å². The molecular weight excluding hydrogens is 674 g/mol. The second-order valence-electron chi connectivity index (χ2n) is 7.93. The first-order valence-corrected chi connectivity index (χ1v) is 9.93. The molecule has 0 atom stereocenters. The molecule has 13 heteroatoms. The van der Waals surface area contributed by atoms with Crippen LogP contribution in [0.25, 0.3) is 17.1 Å². The van der Waals surface area contributed by atoms with Gasteiger partial charge in [0, 0.05) is 16.8 Å². The Kier molecular flexibility index (Phi) is 7.41. The molecule has 4 aromatic rings. The van der Waals surface area contributed by atoms with Crippen LogP contribution in [0.15, 0.2) is 48.5 Å². The quantitative estimate of drug-likeness (QED) is 0.154. The molecule has 0 aliphatic heterocycles. The minimum atomic E-state index is -4.94. The average molecular weight is 688 g/mol. The molecule has 0 aliphatic rings. The zero-order valence-electron chi connectivity index (χ0n) is 18.3. The van der Waals surface area contributed by atoms with Gasteiger partial charge in [-0.05, 0) is 31.7 Å². The maximum atomic E-state index is 13.4. The van der Waals surface area contributed by atoms with Crippen LogP contribution < -0.4 is 0 Å². The van der Waals surface area contributed by atoms with Crippen LogP contribution in [0.4, 0.5) is 30.7 Å². The molecular formula is C23H14F7N5Pt. The summed E-state index contributed by atoms with van der Waals surface area (Å²) in [7, 11) is 0. The third-order valence-corrected chi connectivity index (χ3v) is 5.12. The van der Waals surface area contributed by atoms with Crippen molar-refractivity contribution in [2.24, 2.45) is 0 Å². The minimum absolute atomic E-state index is 0. The largest absolute Gasteiger partial charge is 2.00 e. The Morgan fingerprint density at radius 2 is 1.42 bits per heavy atom. The smallest absolute Gasteiger partial charge is 0.343 e. The van der Waals surface area contributed by atoms with E-state index in [2.05, 4.69) is 32.3 Å². The molecule has 0 saturated heterocycles. The number of alkyl halides is 6. The number of pyridine rings is 3. The van der Waals surface area contributed by atoms with E-state index >= 15 is 0 Å². The molecule has 4 rings (SSSR count). The van der Waals surface area contributed by atoms with Gasteiger partial charge >= 0.3 is 33.4 Å². The van der Waals surface area contributed by atoms with Gasteiger partial charge in [-0.25, -0.2) is 4.39 Å².